The number of carbonyl (C=O) groups is 1. The van der Waals surface area contributed by atoms with Crippen molar-refractivity contribution in [3.05, 3.63) is 35.4 Å². The van der Waals surface area contributed by atoms with Crippen LogP contribution in [0.4, 0.5) is 8.78 Å². The van der Waals surface area contributed by atoms with Crippen LogP contribution in [0.3, 0.4) is 0 Å². The van der Waals surface area contributed by atoms with Gasteiger partial charge in [0.1, 0.15) is 17.5 Å². The summed E-state index contributed by atoms with van der Waals surface area (Å²) in [6, 6.07) is 3.05. The van der Waals surface area contributed by atoms with Gasteiger partial charge in [0, 0.05) is 18.2 Å². The maximum absolute atomic E-state index is 13.1. The zero-order chi connectivity index (χ0) is 12.8. The molecule has 0 fully saturated rings. The molecule has 92 valence electrons. The number of benzene rings is 1. The van der Waals surface area contributed by atoms with E-state index in [2.05, 4.69) is 10.5 Å². The fourth-order valence-electron chi connectivity index (χ4n) is 1.12. The molecule has 1 aromatic carbocycles. The molecule has 0 aliphatic rings. The van der Waals surface area contributed by atoms with Gasteiger partial charge in [-0.1, -0.05) is 11.2 Å². The molecule has 17 heavy (non-hydrogen) atoms. The Morgan fingerprint density at radius 2 is 2.18 bits per heavy atom. The number of amidine groups is 1. The Morgan fingerprint density at radius 3 is 2.76 bits per heavy atom. The first-order valence-corrected chi connectivity index (χ1v) is 4.70. The minimum Gasteiger partial charge on any atom is -0.409 e. The fraction of sp³-hybridized carbons (Fsp3) is 0.200. The molecule has 0 aromatic heterocycles. The maximum atomic E-state index is 13.1. The van der Waals surface area contributed by atoms with E-state index >= 15 is 0 Å². The van der Waals surface area contributed by atoms with Gasteiger partial charge in [0.2, 0.25) is 5.91 Å². The average molecular weight is 243 g/mol. The lowest BCUT2D eigenvalue weighted by molar-refractivity contribution is -0.120. The first kappa shape index (κ1) is 12.9. The molecular formula is C10H11F2N3O2. The van der Waals surface area contributed by atoms with Gasteiger partial charge < -0.3 is 16.3 Å². The van der Waals surface area contributed by atoms with E-state index in [9.17, 15) is 13.6 Å². The van der Waals surface area contributed by atoms with Crippen molar-refractivity contribution in [3.8, 4) is 0 Å². The zero-order valence-corrected chi connectivity index (χ0v) is 8.78. The number of nitrogens with two attached hydrogens (primary N) is 1. The lowest BCUT2D eigenvalue weighted by Gasteiger charge is -2.05. The molecule has 0 bridgehead atoms. The van der Waals surface area contributed by atoms with Gasteiger partial charge in [-0.05, 0) is 6.07 Å². The summed E-state index contributed by atoms with van der Waals surface area (Å²) in [5.41, 5.74) is 5.26. The lowest BCUT2D eigenvalue weighted by atomic mass is 10.2. The summed E-state index contributed by atoms with van der Waals surface area (Å²) >= 11 is 0. The number of hydrogen-bond donors (Lipinski definition) is 3. The average Bonchev–Trinajstić information content (AvgIpc) is 2.27. The topological polar surface area (TPSA) is 87.7 Å². The molecule has 4 N–H and O–H groups in total. The third-order valence-corrected chi connectivity index (χ3v) is 1.96. The quantitative estimate of drug-likeness (QED) is 0.315. The van der Waals surface area contributed by atoms with E-state index in [1.54, 1.807) is 0 Å². The van der Waals surface area contributed by atoms with Gasteiger partial charge in [-0.25, -0.2) is 8.78 Å². The van der Waals surface area contributed by atoms with Gasteiger partial charge in [-0.3, -0.25) is 4.79 Å². The van der Waals surface area contributed by atoms with Gasteiger partial charge in [-0.2, -0.15) is 0 Å². The second kappa shape index (κ2) is 5.78. The molecule has 0 heterocycles. The van der Waals surface area contributed by atoms with E-state index < -0.39 is 17.5 Å². The van der Waals surface area contributed by atoms with Gasteiger partial charge in [0.15, 0.2) is 0 Å². The smallest absolute Gasteiger partial charge is 0.227 e. The van der Waals surface area contributed by atoms with Crippen LogP contribution < -0.4 is 11.1 Å². The molecule has 1 rings (SSSR count). The van der Waals surface area contributed by atoms with Crippen molar-refractivity contribution in [1.29, 1.82) is 0 Å². The third-order valence-electron chi connectivity index (χ3n) is 1.96. The molecule has 0 atom stereocenters. The number of amides is 1. The molecule has 1 aromatic rings. The van der Waals surface area contributed by atoms with Gasteiger partial charge in [0.25, 0.3) is 0 Å². The Balaban J connectivity index is 2.53. The van der Waals surface area contributed by atoms with Gasteiger partial charge in [-0.15, -0.1) is 0 Å². The van der Waals surface area contributed by atoms with Crippen molar-refractivity contribution < 1.29 is 18.8 Å². The largest absolute Gasteiger partial charge is 0.409 e. The molecule has 0 spiro atoms. The van der Waals surface area contributed by atoms with Crippen LogP contribution in [0.15, 0.2) is 23.4 Å². The summed E-state index contributed by atoms with van der Waals surface area (Å²) in [5, 5.41) is 13.2. The molecular weight excluding hydrogens is 232 g/mol. The predicted octanol–water partition coefficient (Wildman–Crippen LogP) is 0.717. The first-order chi connectivity index (χ1) is 8.02. The second-order valence-electron chi connectivity index (χ2n) is 3.28. The summed E-state index contributed by atoms with van der Waals surface area (Å²) in [6.45, 7) is -0.0936. The van der Waals surface area contributed by atoms with E-state index in [-0.39, 0.29) is 24.4 Å². The second-order valence-corrected chi connectivity index (χ2v) is 3.28. The summed E-state index contributed by atoms with van der Waals surface area (Å²) in [5.74, 6) is -2.20. The van der Waals surface area contributed by atoms with Crippen molar-refractivity contribution in [2.75, 3.05) is 0 Å². The number of nitrogens with zero attached hydrogens (tertiary/aromatic N) is 1. The Bertz CT molecular complexity index is 449. The highest BCUT2D eigenvalue weighted by molar-refractivity contribution is 5.98. The van der Waals surface area contributed by atoms with E-state index in [1.807, 2.05) is 0 Å². The molecule has 0 radical (unpaired) electrons. The highest BCUT2D eigenvalue weighted by Gasteiger charge is 2.07. The number of oxime groups is 1. The van der Waals surface area contributed by atoms with Crippen LogP contribution in [0, 0.1) is 11.6 Å². The van der Waals surface area contributed by atoms with Crippen LogP contribution in [0.5, 0.6) is 0 Å². The van der Waals surface area contributed by atoms with Crippen LogP contribution in [0.2, 0.25) is 0 Å². The number of halogens is 2. The maximum Gasteiger partial charge on any atom is 0.227 e. The third kappa shape index (κ3) is 4.06. The summed E-state index contributed by atoms with van der Waals surface area (Å²) < 4.78 is 25.7. The van der Waals surface area contributed by atoms with E-state index in [1.165, 1.54) is 6.07 Å². The minimum atomic E-state index is -0.742. The van der Waals surface area contributed by atoms with Crippen LogP contribution >= 0.6 is 0 Å². The number of carbonyl (C=O) groups excluding carboxylic acids is 1. The van der Waals surface area contributed by atoms with E-state index in [0.29, 0.717) is 0 Å². The molecule has 0 aliphatic heterocycles. The number of hydrogen-bond acceptors (Lipinski definition) is 3. The molecule has 0 saturated heterocycles. The Kier molecular flexibility index (Phi) is 4.38. The van der Waals surface area contributed by atoms with Crippen molar-refractivity contribution in [2.24, 2.45) is 10.9 Å². The Labute approximate surface area is 95.9 Å². The molecule has 7 heteroatoms. The normalized spacial score (nSPS) is 11.3. The zero-order valence-electron chi connectivity index (χ0n) is 8.78. The van der Waals surface area contributed by atoms with Crippen LogP contribution in [-0.4, -0.2) is 17.0 Å². The lowest BCUT2D eigenvalue weighted by Crippen LogP contribution is -2.28. The standard InChI is InChI=1S/C10H11F2N3O2/c11-7-2-1-6(8(12)3-7)5-14-10(16)4-9(13)15-17/h1-3,17H,4-5H2,(H2,13,15)(H,14,16). The predicted molar refractivity (Wildman–Crippen MR) is 56.2 cm³/mol. The Morgan fingerprint density at radius 1 is 1.47 bits per heavy atom. The SMILES string of the molecule is NC(CC(=O)NCc1ccc(F)cc1F)=NO. The highest BCUT2D eigenvalue weighted by Crippen LogP contribution is 2.08. The fourth-order valence-corrected chi connectivity index (χ4v) is 1.12. The molecule has 5 nitrogen and oxygen atoms in total. The summed E-state index contributed by atoms with van der Waals surface area (Å²) in [6.07, 6.45) is -0.292. The van der Waals surface area contributed by atoms with Gasteiger partial charge in [0.05, 0.1) is 6.42 Å². The number of nitrogens with one attached hydrogen (secondary N) is 1. The molecule has 0 unspecified atom stereocenters. The molecule has 0 saturated carbocycles. The van der Waals surface area contributed by atoms with Crippen molar-refractivity contribution >= 4 is 11.7 Å². The minimum absolute atomic E-state index is 0.0936. The van der Waals surface area contributed by atoms with Crippen molar-refractivity contribution in [2.45, 2.75) is 13.0 Å². The van der Waals surface area contributed by atoms with Crippen LogP contribution in [0.25, 0.3) is 0 Å². The highest BCUT2D eigenvalue weighted by atomic mass is 19.1. The van der Waals surface area contributed by atoms with E-state index in [0.717, 1.165) is 12.1 Å². The molecule has 0 aliphatic carbocycles. The van der Waals surface area contributed by atoms with Crippen LogP contribution in [-0.2, 0) is 11.3 Å². The monoisotopic (exact) mass is 243 g/mol. The van der Waals surface area contributed by atoms with Crippen LogP contribution in [0.1, 0.15) is 12.0 Å². The summed E-state index contributed by atoms with van der Waals surface area (Å²) in [4.78, 5) is 11.2. The molecule has 1 amide bonds. The van der Waals surface area contributed by atoms with Gasteiger partial charge >= 0.3 is 0 Å². The van der Waals surface area contributed by atoms with E-state index in [4.69, 9.17) is 10.9 Å². The Hall–Kier alpha value is -2.18. The first-order valence-electron chi connectivity index (χ1n) is 4.70. The van der Waals surface area contributed by atoms with Crippen molar-refractivity contribution in [3.63, 3.8) is 0 Å². The summed E-state index contributed by atoms with van der Waals surface area (Å²) in [7, 11) is 0. The number of rotatable bonds is 4. The van der Waals surface area contributed by atoms with Crippen molar-refractivity contribution in [1.82, 2.24) is 5.32 Å².